The molecule has 0 atom stereocenters. The van der Waals surface area contributed by atoms with Crippen LogP contribution in [0.5, 0.6) is 0 Å². The Morgan fingerprint density at radius 1 is 1.14 bits per heavy atom. The van der Waals surface area contributed by atoms with Crippen molar-refractivity contribution in [1.82, 2.24) is 9.55 Å². The maximum absolute atomic E-state index is 12.8. The van der Waals surface area contributed by atoms with Crippen LogP contribution in [0.25, 0.3) is 21.3 Å². The van der Waals surface area contributed by atoms with E-state index in [1.54, 1.807) is 17.2 Å². The molecule has 22 heavy (non-hydrogen) atoms. The van der Waals surface area contributed by atoms with Crippen molar-refractivity contribution in [2.45, 2.75) is 6.54 Å². The predicted molar refractivity (Wildman–Crippen MR) is 87.1 cm³/mol. The van der Waals surface area contributed by atoms with Crippen LogP contribution in [0.15, 0.2) is 69.6 Å². The first-order valence-electron chi connectivity index (χ1n) is 6.87. The van der Waals surface area contributed by atoms with Gasteiger partial charge in [-0.15, -0.1) is 11.3 Å². The third kappa shape index (κ3) is 2.16. The Labute approximate surface area is 130 Å². The van der Waals surface area contributed by atoms with E-state index in [1.807, 2.05) is 47.8 Å². The van der Waals surface area contributed by atoms with Crippen molar-refractivity contribution >= 4 is 21.6 Å². The number of aromatic nitrogens is 2. The van der Waals surface area contributed by atoms with Gasteiger partial charge in [0.25, 0.3) is 5.56 Å². The Balaban J connectivity index is 1.89. The van der Waals surface area contributed by atoms with E-state index in [0.29, 0.717) is 11.9 Å². The van der Waals surface area contributed by atoms with Gasteiger partial charge < -0.3 is 4.42 Å². The number of hydrogen-bond donors (Lipinski definition) is 0. The number of hydrogen-bond acceptors (Lipinski definition) is 4. The van der Waals surface area contributed by atoms with Crippen LogP contribution in [0.4, 0.5) is 0 Å². The summed E-state index contributed by atoms with van der Waals surface area (Å²) in [5.41, 5.74) is 1.93. The van der Waals surface area contributed by atoms with Gasteiger partial charge in [-0.05, 0) is 17.7 Å². The molecule has 3 aromatic heterocycles. The fourth-order valence-electron chi connectivity index (χ4n) is 2.48. The smallest absolute Gasteiger partial charge is 0.263 e. The lowest BCUT2D eigenvalue weighted by atomic mass is 10.1. The molecule has 4 rings (SSSR count). The lowest BCUT2D eigenvalue weighted by molar-refractivity contribution is 0.489. The van der Waals surface area contributed by atoms with Gasteiger partial charge in [-0.3, -0.25) is 9.36 Å². The highest BCUT2D eigenvalue weighted by atomic mass is 32.1. The minimum Gasteiger partial charge on any atom is -0.467 e. The fraction of sp³-hybridized carbons (Fsp3) is 0.0588. The molecule has 4 nitrogen and oxygen atoms in total. The number of nitrogens with zero attached hydrogens (tertiary/aromatic N) is 2. The summed E-state index contributed by atoms with van der Waals surface area (Å²) >= 11 is 1.49. The van der Waals surface area contributed by atoms with Gasteiger partial charge in [-0.25, -0.2) is 4.98 Å². The molecule has 0 N–H and O–H groups in total. The van der Waals surface area contributed by atoms with Crippen LogP contribution in [-0.4, -0.2) is 9.55 Å². The highest BCUT2D eigenvalue weighted by Gasteiger charge is 2.13. The summed E-state index contributed by atoms with van der Waals surface area (Å²) in [7, 11) is 0. The second-order valence-corrected chi connectivity index (χ2v) is 5.81. The molecule has 4 aromatic rings. The second-order valence-electron chi connectivity index (χ2n) is 4.95. The van der Waals surface area contributed by atoms with Gasteiger partial charge >= 0.3 is 0 Å². The summed E-state index contributed by atoms with van der Waals surface area (Å²) < 4.78 is 6.90. The summed E-state index contributed by atoms with van der Waals surface area (Å²) in [6, 6.07) is 13.6. The zero-order valence-corrected chi connectivity index (χ0v) is 12.4. The lowest BCUT2D eigenvalue weighted by Gasteiger charge is -2.04. The Morgan fingerprint density at radius 2 is 2.00 bits per heavy atom. The quantitative estimate of drug-likeness (QED) is 0.579. The van der Waals surface area contributed by atoms with E-state index in [0.717, 1.165) is 21.7 Å². The average Bonchev–Trinajstić information content (AvgIpc) is 3.21. The number of fused-ring (bicyclic) bond motifs is 1. The van der Waals surface area contributed by atoms with E-state index in [9.17, 15) is 4.79 Å². The Bertz CT molecular complexity index is 969. The van der Waals surface area contributed by atoms with Crippen molar-refractivity contribution in [3.05, 3.63) is 76.5 Å². The molecule has 0 saturated carbocycles. The maximum Gasteiger partial charge on any atom is 0.263 e. The Hall–Kier alpha value is -2.66. The normalized spacial score (nSPS) is 11.1. The Kier molecular flexibility index (Phi) is 3.12. The molecule has 0 spiro atoms. The molecule has 5 heteroatoms. The van der Waals surface area contributed by atoms with E-state index in [1.165, 1.54) is 11.3 Å². The zero-order chi connectivity index (χ0) is 14.9. The molecule has 0 saturated heterocycles. The number of thiophene rings is 1. The number of furan rings is 1. The number of rotatable bonds is 3. The summed E-state index contributed by atoms with van der Waals surface area (Å²) in [6.45, 7) is 0.388. The molecule has 0 bridgehead atoms. The molecule has 0 aliphatic rings. The van der Waals surface area contributed by atoms with Gasteiger partial charge in [0.2, 0.25) is 0 Å². The van der Waals surface area contributed by atoms with Gasteiger partial charge in [0, 0.05) is 10.9 Å². The molecular formula is C17H12N2O2S. The van der Waals surface area contributed by atoms with Crippen molar-refractivity contribution in [3.8, 4) is 11.1 Å². The van der Waals surface area contributed by atoms with Gasteiger partial charge in [0.15, 0.2) is 0 Å². The van der Waals surface area contributed by atoms with Crippen LogP contribution in [0.3, 0.4) is 0 Å². The van der Waals surface area contributed by atoms with Gasteiger partial charge in [-0.2, -0.15) is 0 Å². The topological polar surface area (TPSA) is 48.0 Å². The van der Waals surface area contributed by atoms with Crippen LogP contribution >= 0.6 is 11.3 Å². The SMILES string of the molecule is O=c1c2c(-c3ccccc3)csc2ncn1Cc1ccco1. The molecule has 1 aromatic carbocycles. The average molecular weight is 308 g/mol. The molecule has 0 aliphatic heterocycles. The van der Waals surface area contributed by atoms with Gasteiger partial charge in [0.1, 0.15) is 10.6 Å². The van der Waals surface area contributed by atoms with Crippen molar-refractivity contribution in [1.29, 1.82) is 0 Å². The largest absolute Gasteiger partial charge is 0.467 e. The summed E-state index contributed by atoms with van der Waals surface area (Å²) in [5.74, 6) is 0.736. The fourth-order valence-corrected chi connectivity index (χ4v) is 3.39. The molecule has 0 fully saturated rings. The predicted octanol–water partition coefficient (Wildman–Crippen LogP) is 3.77. The molecule has 3 heterocycles. The van der Waals surface area contributed by atoms with Crippen LogP contribution < -0.4 is 5.56 Å². The molecule has 0 amide bonds. The summed E-state index contributed by atoms with van der Waals surface area (Å²) in [6.07, 6.45) is 3.19. The highest BCUT2D eigenvalue weighted by molar-refractivity contribution is 7.17. The second kappa shape index (κ2) is 5.27. The third-order valence-corrected chi connectivity index (χ3v) is 4.44. The Morgan fingerprint density at radius 3 is 2.77 bits per heavy atom. The molecular weight excluding hydrogens is 296 g/mol. The van der Waals surface area contributed by atoms with E-state index in [-0.39, 0.29) is 5.56 Å². The molecule has 0 unspecified atom stereocenters. The van der Waals surface area contributed by atoms with Crippen LogP contribution in [0.1, 0.15) is 5.76 Å². The van der Waals surface area contributed by atoms with E-state index < -0.39 is 0 Å². The van der Waals surface area contributed by atoms with Gasteiger partial charge in [0.05, 0.1) is 24.5 Å². The molecule has 0 aliphatic carbocycles. The minimum absolute atomic E-state index is 0.0403. The first-order valence-corrected chi connectivity index (χ1v) is 7.75. The van der Waals surface area contributed by atoms with Crippen molar-refractivity contribution < 1.29 is 4.42 Å². The molecule has 108 valence electrons. The van der Waals surface area contributed by atoms with Crippen molar-refractivity contribution in [3.63, 3.8) is 0 Å². The van der Waals surface area contributed by atoms with Crippen molar-refractivity contribution in [2.24, 2.45) is 0 Å². The summed E-state index contributed by atoms with van der Waals surface area (Å²) in [4.78, 5) is 18.0. The lowest BCUT2D eigenvalue weighted by Crippen LogP contribution is -2.20. The van der Waals surface area contributed by atoms with E-state index >= 15 is 0 Å². The third-order valence-electron chi connectivity index (χ3n) is 3.55. The number of benzene rings is 1. The zero-order valence-electron chi connectivity index (χ0n) is 11.6. The first-order chi connectivity index (χ1) is 10.8. The van der Waals surface area contributed by atoms with E-state index in [4.69, 9.17) is 4.42 Å². The van der Waals surface area contributed by atoms with E-state index in [2.05, 4.69) is 4.98 Å². The summed E-state index contributed by atoms with van der Waals surface area (Å²) in [5, 5.41) is 2.66. The first kappa shape index (κ1) is 13.0. The van der Waals surface area contributed by atoms with Crippen LogP contribution in [-0.2, 0) is 6.54 Å². The molecule has 0 radical (unpaired) electrons. The monoisotopic (exact) mass is 308 g/mol. The van der Waals surface area contributed by atoms with Crippen LogP contribution in [0.2, 0.25) is 0 Å². The van der Waals surface area contributed by atoms with Crippen molar-refractivity contribution in [2.75, 3.05) is 0 Å². The minimum atomic E-state index is -0.0403. The highest BCUT2D eigenvalue weighted by Crippen LogP contribution is 2.30. The standard InChI is InChI=1S/C17H12N2O2S/c20-17-15-14(12-5-2-1-3-6-12)10-22-16(15)18-11-19(17)9-13-7-4-8-21-13/h1-8,10-11H,9H2. The van der Waals surface area contributed by atoms with Gasteiger partial charge in [-0.1, -0.05) is 30.3 Å². The maximum atomic E-state index is 12.8. The van der Waals surface area contributed by atoms with Crippen LogP contribution in [0, 0.1) is 0 Å².